The predicted molar refractivity (Wildman–Crippen MR) is 48.4 cm³/mol. The van der Waals surface area contributed by atoms with E-state index in [9.17, 15) is 0 Å². The summed E-state index contributed by atoms with van der Waals surface area (Å²) in [6, 6.07) is 0. The van der Waals surface area contributed by atoms with Gasteiger partial charge in [-0.2, -0.15) is 0 Å². The number of rotatable bonds is 2. The van der Waals surface area contributed by atoms with Crippen molar-refractivity contribution in [1.29, 1.82) is 0 Å². The third-order valence-corrected chi connectivity index (χ3v) is 1.36. The van der Waals surface area contributed by atoms with E-state index in [4.69, 9.17) is 24.4 Å². The molecule has 0 radical (unpaired) electrons. The fourth-order valence-corrected chi connectivity index (χ4v) is 0.408. The molecule has 0 atom stereocenters. The Morgan fingerprint density at radius 3 is 1.50 bits per heavy atom. The zero-order chi connectivity index (χ0) is 7.98. The van der Waals surface area contributed by atoms with Gasteiger partial charge in [-0.15, -0.1) is 0 Å². The van der Waals surface area contributed by atoms with Gasteiger partial charge in [0.2, 0.25) is 0 Å². The average molecular weight is 176 g/mol. The lowest BCUT2D eigenvalue weighted by molar-refractivity contribution is 0.414. The molecule has 0 bridgehead atoms. The first-order valence-corrected chi connectivity index (χ1v) is 3.36. The normalized spacial score (nSPS) is 9.40. The summed E-state index contributed by atoms with van der Waals surface area (Å²) >= 11 is 9.39. The van der Waals surface area contributed by atoms with Gasteiger partial charge in [-0.25, -0.2) is 0 Å². The van der Waals surface area contributed by atoms with Gasteiger partial charge >= 0.3 is 0 Å². The van der Waals surface area contributed by atoms with Crippen molar-refractivity contribution in [1.82, 2.24) is 0 Å². The molecular weight excluding hydrogens is 168 g/mol. The molecule has 10 heavy (non-hydrogen) atoms. The molecule has 0 aromatic heterocycles. The summed E-state index contributed by atoms with van der Waals surface area (Å²) in [5, 5.41) is 0.777. The SMILES string of the molecule is COC(=S)/C=C\C(=S)OC. The van der Waals surface area contributed by atoms with Crippen LogP contribution in [0.4, 0.5) is 0 Å². The van der Waals surface area contributed by atoms with Crippen molar-refractivity contribution in [3.63, 3.8) is 0 Å². The monoisotopic (exact) mass is 176 g/mol. The second-order valence-electron chi connectivity index (χ2n) is 1.38. The van der Waals surface area contributed by atoms with E-state index in [1.54, 1.807) is 12.2 Å². The Bertz CT molecular complexity index is 145. The first-order chi connectivity index (χ1) is 4.70. The van der Waals surface area contributed by atoms with E-state index in [0.29, 0.717) is 10.1 Å². The Labute approximate surface area is 70.8 Å². The van der Waals surface area contributed by atoms with E-state index in [1.165, 1.54) is 14.2 Å². The zero-order valence-electron chi connectivity index (χ0n) is 5.79. The fraction of sp³-hybridized carbons (Fsp3) is 0.333. The molecule has 0 saturated heterocycles. The minimum Gasteiger partial charge on any atom is -0.487 e. The summed E-state index contributed by atoms with van der Waals surface area (Å²) in [7, 11) is 3.01. The van der Waals surface area contributed by atoms with E-state index in [2.05, 4.69) is 9.47 Å². The van der Waals surface area contributed by atoms with Crippen LogP contribution in [-0.4, -0.2) is 24.3 Å². The van der Waals surface area contributed by atoms with Gasteiger partial charge in [0.1, 0.15) is 0 Å². The molecule has 0 saturated carbocycles. The number of hydrogen-bond donors (Lipinski definition) is 0. The quantitative estimate of drug-likeness (QED) is 0.468. The van der Waals surface area contributed by atoms with Crippen LogP contribution in [0.25, 0.3) is 0 Å². The Balaban J connectivity index is 3.75. The molecule has 56 valence electrons. The maximum absolute atomic E-state index is 4.70. The maximum atomic E-state index is 4.70. The van der Waals surface area contributed by atoms with Crippen molar-refractivity contribution in [3.05, 3.63) is 12.2 Å². The maximum Gasteiger partial charge on any atom is 0.183 e. The molecule has 0 aliphatic carbocycles. The highest BCUT2D eigenvalue weighted by Crippen LogP contribution is 1.86. The molecular formula is C6H8O2S2. The molecule has 0 fully saturated rings. The van der Waals surface area contributed by atoms with Gasteiger partial charge in [0.05, 0.1) is 14.2 Å². The van der Waals surface area contributed by atoms with Crippen molar-refractivity contribution in [3.8, 4) is 0 Å². The third-order valence-electron chi connectivity index (χ3n) is 0.758. The van der Waals surface area contributed by atoms with E-state index < -0.39 is 0 Å². The van der Waals surface area contributed by atoms with Gasteiger partial charge < -0.3 is 9.47 Å². The van der Waals surface area contributed by atoms with Crippen LogP contribution in [0, 0.1) is 0 Å². The van der Waals surface area contributed by atoms with E-state index in [-0.39, 0.29) is 0 Å². The van der Waals surface area contributed by atoms with Crippen LogP contribution in [0.2, 0.25) is 0 Å². The summed E-state index contributed by atoms with van der Waals surface area (Å²) in [5.41, 5.74) is 0. The molecule has 4 heteroatoms. The second kappa shape index (κ2) is 5.32. The largest absolute Gasteiger partial charge is 0.487 e. The molecule has 0 aliphatic rings. The van der Waals surface area contributed by atoms with E-state index in [1.807, 2.05) is 0 Å². The van der Waals surface area contributed by atoms with Gasteiger partial charge in [-0.3, -0.25) is 0 Å². The topological polar surface area (TPSA) is 18.5 Å². The first-order valence-electron chi connectivity index (χ1n) is 2.54. The van der Waals surface area contributed by atoms with E-state index >= 15 is 0 Å². The highest BCUT2D eigenvalue weighted by atomic mass is 32.1. The highest BCUT2D eigenvalue weighted by molar-refractivity contribution is 7.80. The Morgan fingerprint density at radius 1 is 1.00 bits per heavy atom. The molecule has 0 N–H and O–H groups in total. The number of thiocarbonyl (C=S) groups is 2. The molecule has 0 rings (SSSR count). The standard InChI is InChI=1S/C6H8O2S2/c1-7-5(9)3-4-6(10)8-2/h3-4H,1-2H3/b4-3-. The van der Waals surface area contributed by atoms with Gasteiger partial charge in [-0.05, 0) is 36.6 Å². The lowest BCUT2D eigenvalue weighted by Gasteiger charge is -1.94. The van der Waals surface area contributed by atoms with Crippen molar-refractivity contribution in [2.45, 2.75) is 0 Å². The van der Waals surface area contributed by atoms with Crippen LogP contribution < -0.4 is 0 Å². The lowest BCUT2D eigenvalue weighted by Crippen LogP contribution is -1.95. The Morgan fingerprint density at radius 2 is 1.30 bits per heavy atom. The fourth-order valence-electron chi connectivity index (χ4n) is 0.272. The number of hydrogen-bond acceptors (Lipinski definition) is 4. The minimum atomic E-state index is 0.388. The number of ether oxygens (including phenoxy) is 2. The molecule has 0 aliphatic heterocycles. The smallest absolute Gasteiger partial charge is 0.183 e. The third kappa shape index (κ3) is 4.40. The molecule has 0 aromatic carbocycles. The Kier molecular flexibility index (Phi) is 5.06. The van der Waals surface area contributed by atoms with Gasteiger partial charge in [-0.1, -0.05) is 0 Å². The number of methoxy groups -OCH3 is 2. The summed E-state index contributed by atoms with van der Waals surface area (Å²) < 4.78 is 9.35. The Hall–Kier alpha value is -0.480. The summed E-state index contributed by atoms with van der Waals surface area (Å²) in [5.74, 6) is 0. The highest BCUT2D eigenvalue weighted by Gasteiger charge is 1.87. The van der Waals surface area contributed by atoms with Crippen molar-refractivity contribution >= 4 is 34.5 Å². The molecule has 0 spiro atoms. The van der Waals surface area contributed by atoms with Gasteiger partial charge in [0, 0.05) is 0 Å². The van der Waals surface area contributed by atoms with Crippen LogP contribution in [0.15, 0.2) is 12.2 Å². The minimum absolute atomic E-state index is 0.388. The van der Waals surface area contributed by atoms with Crippen molar-refractivity contribution < 1.29 is 9.47 Å². The first kappa shape index (κ1) is 9.52. The molecule has 0 amide bonds. The van der Waals surface area contributed by atoms with Crippen LogP contribution >= 0.6 is 24.4 Å². The van der Waals surface area contributed by atoms with Gasteiger partial charge in [0.25, 0.3) is 0 Å². The lowest BCUT2D eigenvalue weighted by atomic mass is 10.5. The van der Waals surface area contributed by atoms with Crippen molar-refractivity contribution in [2.75, 3.05) is 14.2 Å². The molecule has 2 nitrogen and oxygen atoms in total. The van der Waals surface area contributed by atoms with Crippen LogP contribution in [0.3, 0.4) is 0 Å². The summed E-state index contributed by atoms with van der Waals surface area (Å²) in [4.78, 5) is 0. The summed E-state index contributed by atoms with van der Waals surface area (Å²) in [6.07, 6.45) is 3.14. The second-order valence-corrected chi connectivity index (χ2v) is 2.18. The van der Waals surface area contributed by atoms with Crippen LogP contribution in [-0.2, 0) is 9.47 Å². The van der Waals surface area contributed by atoms with Gasteiger partial charge in [0.15, 0.2) is 10.1 Å². The van der Waals surface area contributed by atoms with Crippen LogP contribution in [0.1, 0.15) is 0 Å². The average Bonchev–Trinajstić information content (AvgIpc) is 1.99. The molecule has 0 unspecified atom stereocenters. The molecule has 0 heterocycles. The van der Waals surface area contributed by atoms with Crippen LogP contribution in [0.5, 0.6) is 0 Å². The summed E-state index contributed by atoms with van der Waals surface area (Å²) in [6.45, 7) is 0. The zero-order valence-corrected chi connectivity index (χ0v) is 7.42. The van der Waals surface area contributed by atoms with E-state index in [0.717, 1.165) is 0 Å². The molecule has 0 aromatic rings. The predicted octanol–water partition coefficient (Wildman–Crippen LogP) is 1.49. The van der Waals surface area contributed by atoms with Crippen molar-refractivity contribution in [2.24, 2.45) is 0 Å².